The third kappa shape index (κ3) is 1.94. The lowest BCUT2D eigenvalue weighted by Gasteiger charge is -2.29. The number of hydrogen-bond acceptors (Lipinski definition) is 2. The first-order valence-electron chi connectivity index (χ1n) is 5.61. The van der Waals surface area contributed by atoms with Gasteiger partial charge in [-0.3, -0.25) is 4.79 Å². The van der Waals surface area contributed by atoms with E-state index >= 15 is 0 Å². The zero-order chi connectivity index (χ0) is 11.7. The van der Waals surface area contributed by atoms with Crippen LogP contribution in [0, 0.1) is 11.7 Å². The minimum atomic E-state index is -0.391. The van der Waals surface area contributed by atoms with Crippen molar-refractivity contribution in [3.8, 4) is 5.75 Å². The number of hydrogen-bond donors (Lipinski definition) is 0. The molecule has 1 heterocycles. The van der Waals surface area contributed by atoms with Gasteiger partial charge in [-0.05, 0) is 24.1 Å². The van der Waals surface area contributed by atoms with Gasteiger partial charge in [0.1, 0.15) is 17.7 Å². The van der Waals surface area contributed by atoms with Crippen molar-refractivity contribution in [2.75, 3.05) is 0 Å². The van der Waals surface area contributed by atoms with Crippen molar-refractivity contribution in [3.63, 3.8) is 0 Å². The van der Waals surface area contributed by atoms with Crippen LogP contribution in [0.3, 0.4) is 0 Å². The molecule has 0 aliphatic carbocycles. The smallest absolute Gasteiger partial charge is 0.170 e. The molecule has 2 atom stereocenters. The minimum Gasteiger partial charge on any atom is -0.489 e. The molecular weight excluding hydrogens is 207 g/mol. The molecule has 0 saturated heterocycles. The second-order valence-electron chi connectivity index (χ2n) is 4.31. The van der Waals surface area contributed by atoms with Crippen LogP contribution in [0.15, 0.2) is 18.2 Å². The van der Waals surface area contributed by atoms with E-state index in [-0.39, 0.29) is 11.9 Å². The highest BCUT2D eigenvalue weighted by molar-refractivity contribution is 5.99. The van der Waals surface area contributed by atoms with Gasteiger partial charge < -0.3 is 4.74 Å². The number of Topliss-reactive ketones (excluding diaryl/α,β-unsaturated/α-hetero) is 1. The van der Waals surface area contributed by atoms with Crippen LogP contribution in [-0.4, -0.2) is 11.9 Å². The summed E-state index contributed by atoms with van der Waals surface area (Å²) in [5.74, 6) is 0.439. The first kappa shape index (κ1) is 11.1. The fourth-order valence-corrected chi connectivity index (χ4v) is 1.90. The highest BCUT2D eigenvalue weighted by Gasteiger charge is 2.29. The summed E-state index contributed by atoms with van der Waals surface area (Å²) in [5, 5.41) is 0. The Hall–Kier alpha value is -1.38. The molecule has 1 aromatic rings. The van der Waals surface area contributed by atoms with Crippen molar-refractivity contribution in [2.24, 2.45) is 5.92 Å². The van der Waals surface area contributed by atoms with Gasteiger partial charge in [-0.1, -0.05) is 20.3 Å². The summed E-state index contributed by atoms with van der Waals surface area (Å²) >= 11 is 0. The molecule has 0 amide bonds. The number of carbonyl (C=O) groups excluding carboxylic acids is 1. The number of ketones is 1. The first-order chi connectivity index (χ1) is 7.61. The molecule has 2 rings (SSSR count). The van der Waals surface area contributed by atoms with Crippen molar-refractivity contribution < 1.29 is 13.9 Å². The van der Waals surface area contributed by atoms with Crippen LogP contribution in [0.1, 0.15) is 37.0 Å². The van der Waals surface area contributed by atoms with E-state index in [9.17, 15) is 9.18 Å². The van der Waals surface area contributed by atoms with Crippen LogP contribution in [0.5, 0.6) is 5.75 Å². The minimum absolute atomic E-state index is 0.0222. The van der Waals surface area contributed by atoms with E-state index in [1.807, 2.05) is 0 Å². The maximum Gasteiger partial charge on any atom is 0.170 e. The second-order valence-corrected chi connectivity index (χ2v) is 4.31. The Kier molecular flexibility index (Phi) is 2.95. The Labute approximate surface area is 94.4 Å². The molecule has 0 fully saturated rings. The molecule has 0 saturated carbocycles. The Morgan fingerprint density at radius 1 is 1.56 bits per heavy atom. The number of benzene rings is 1. The van der Waals surface area contributed by atoms with E-state index in [1.165, 1.54) is 18.2 Å². The van der Waals surface area contributed by atoms with Crippen LogP contribution < -0.4 is 4.74 Å². The number of halogens is 1. The van der Waals surface area contributed by atoms with Crippen LogP contribution in [-0.2, 0) is 0 Å². The highest BCUT2D eigenvalue weighted by Crippen LogP contribution is 2.31. The SMILES string of the molecule is CCC(C)C1CC(=O)c2cc(F)ccc2O1. The van der Waals surface area contributed by atoms with Crippen molar-refractivity contribution in [2.45, 2.75) is 32.8 Å². The Bertz CT molecular complexity index is 414. The first-order valence-corrected chi connectivity index (χ1v) is 5.61. The zero-order valence-electron chi connectivity index (χ0n) is 9.50. The summed E-state index contributed by atoms with van der Waals surface area (Å²) in [7, 11) is 0. The summed E-state index contributed by atoms with van der Waals surface area (Å²) in [6.45, 7) is 4.13. The molecule has 1 aliphatic rings. The summed E-state index contributed by atoms with van der Waals surface area (Å²) in [5.41, 5.74) is 0.375. The number of fused-ring (bicyclic) bond motifs is 1. The van der Waals surface area contributed by atoms with Crippen LogP contribution in [0.2, 0.25) is 0 Å². The lowest BCUT2D eigenvalue weighted by atomic mass is 9.92. The lowest BCUT2D eigenvalue weighted by Crippen LogP contribution is -2.32. The van der Waals surface area contributed by atoms with Gasteiger partial charge in [0.25, 0.3) is 0 Å². The Morgan fingerprint density at radius 3 is 3.00 bits per heavy atom. The topological polar surface area (TPSA) is 26.3 Å². The highest BCUT2D eigenvalue weighted by atomic mass is 19.1. The molecule has 1 aromatic carbocycles. The average molecular weight is 222 g/mol. The molecule has 0 spiro atoms. The van der Waals surface area contributed by atoms with E-state index < -0.39 is 5.82 Å². The monoisotopic (exact) mass is 222 g/mol. The molecule has 0 radical (unpaired) electrons. The largest absolute Gasteiger partial charge is 0.489 e. The van der Waals surface area contributed by atoms with Gasteiger partial charge in [0.15, 0.2) is 5.78 Å². The third-order valence-corrected chi connectivity index (χ3v) is 3.19. The Balaban J connectivity index is 2.30. The molecule has 86 valence electrons. The van der Waals surface area contributed by atoms with Gasteiger partial charge in [-0.15, -0.1) is 0 Å². The third-order valence-electron chi connectivity index (χ3n) is 3.19. The number of ether oxygens (including phenoxy) is 1. The quantitative estimate of drug-likeness (QED) is 0.768. The molecule has 2 nitrogen and oxygen atoms in total. The molecule has 0 bridgehead atoms. The molecule has 0 aromatic heterocycles. The van der Waals surface area contributed by atoms with Crippen LogP contribution in [0.4, 0.5) is 4.39 Å². The average Bonchev–Trinajstić information content (AvgIpc) is 2.28. The fourth-order valence-electron chi connectivity index (χ4n) is 1.90. The summed E-state index contributed by atoms with van der Waals surface area (Å²) in [6, 6.07) is 4.12. The van der Waals surface area contributed by atoms with Gasteiger partial charge in [0.2, 0.25) is 0 Å². The molecular formula is C13H15FO2. The molecule has 16 heavy (non-hydrogen) atoms. The summed E-state index contributed by atoms with van der Waals surface area (Å²) in [4.78, 5) is 11.8. The summed E-state index contributed by atoms with van der Waals surface area (Å²) < 4.78 is 18.7. The lowest BCUT2D eigenvalue weighted by molar-refractivity contribution is 0.0746. The van der Waals surface area contributed by atoms with E-state index in [0.29, 0.717) is 23.7 Å². The maximum atomic E-state index is 13.0. The van der Waals surface area contributed by atoms with Crippen LogP contribution >= 0.6 is 0 Å². The summed E-state index contributed by atoms with van der Waals surface area (Å²) in [6.07, 6.45) is 1.25. The Morgan fingerprint density at radius 2 is 2.31 bits per heavy atom. The van der Waals surface area contributed by atoms with Gasteiger partial charge in [0, 0.05) is 6.42 Å². The van der Waals surface area contributed by atoms with Gasteiger partial charge in [-0.25, -0.2) is 4.39 Å². The van der Waals surface area contributed by atoms with Crippen molar-refractivity contribution in [3.05, 3.63) is 29.6 Å². The van der Waals surface area contributed by atoms with Gasteiger partial charge in [-0.2, -0.15) is 0 Å². The molecule has 3 heteroatoms. The normalized spacial score (nSPS) is 21.2. The molecule has 1 aliphatic heterocycles. The maximum absolute atomic E-state index is 13.0. The van der Waals surface area contributed by atoms with E-state index in [0.717, 1.165) is 6.42 Å². The molecule has 2 unspecified atom stereocenters. The van der Waals surface area contributed by atoms with Crippen molar-refractivity contribution >= 4 is 5.78 Å². The van der Waals surface area contributed by atoms with E-state index in [4.69, 9.17) is 4.74 Å². The predicted octanol–water partition coefficient (Wildman–Crippen LogP) is 3.21. The van der Waals surface area contributed by atoms with Gasteiger partial charge in [0.05, 0.1) is 5.56 Å². The number of rotatable bonds is 2. The van der Waals surface area contributed by atoms with Gasteiger partial charge >= 0.3 is 0 Å². The van der Waals surface area contributed by atoms with E-state index in [1.54, 1.807) is 0 Å². The van der Waals surface area contributed by atoms with Crippen molar-refractivity contribution in [1.29, 1.82) is 0 Å². The second kappa shape index (κ2) is 4.24. The number of carbonyl (C=O) groups is 1. The zero-order valence-corrected chi connectivity index (χ0v) is 9.50. The fraction of sp³-hybridized carbons (Fsp3) is 0.462. The molecule has 0 N–H and O–H groups in total. The predicted molar refractivity (Wildman–Crippen MR) is 59.2 cm³/mol. The van der Waals surface area contributed by atoms with E-state index in [2.05, 4.69) is 13.8 Å². The van der Waals surface area contributed by atoms with Crippen molar-refractivity contribution in [1.82, 2.24) is 0 Å². The standard InChI is InChI=1S/C13H15FO2/c1-3-8(2)13-7-11(15)10-6-9(14)4-5-12(10)16-13/h4-6,8,13H,3,7H2,1-2H3. The van der Waals surface area contributed by atoms with Crippen LogP contribution in [0.25, 0.3) is 0 Å².